The number of halogens is 2. The summed E-state index contributed by atoms with van der Waals surface area (Å²) in [4.78, 5) is 18.5. The Morgan fingerprint density at radius 2 is 2.00 bits per heavy atom. The molecule has 12 heteroatoms. The number of nitrogens with zero attached hydrogens (tertiary/aromatic N) is 5. The second kappa shape index (κ2) is 11.1. The number of hydrogen-bond acceptors (Lipinski definition) is 8. The Kier molecular flexibility index (Phi) is 7.50. The summed E-state index contributed by atoms with van der Waals surface area (Å²) in [5.74, 6) is -0.673. The molecule has 0 amide bonds. The minimum absolute atomic E-state index is 0.0951. The van der Waals surface area contributed by atoms with E-state index in [1.54, 1.807) is 26.2 Å². The van der Waals surface area contributed by atoms with Crippen molar-refractivity contribution < 1.29 is 28.5 Å². The molecule has 0 spiro atoms. The van der Waals surface area contributed by atoms with Crippen LogP contribution in [0.1, 0.15) is 60.0 Å². The molecule has 2 atom stereocenters. The van der Waals surface area contributed by atoms with Gasteiger partial charge < -0.3 is 23.9 Å². The van der Waals surface area contributed by atoms with Gasteiger partial charge >= 0.3 is 5.97 Å². The lowest BCUT2D eigenvalue weighted by Gasteiger charge is -2.32. The summed E-state index contributed by atoms with van der Waals surface area (Å²) < 4.78 is 34.7. The van der Waals surface area contributed by atoms with Crippen LogP contribution in [0.5, 0.6) is 11.5 Å². The van der Waals surface area contributed by atoms with Crippen molar-refractivity contribution in [3.63, 3.8) is 0 Å². The monoisotopic (exact) mass is 595 g/mol. The van der Waals surface area contributed by atoms with Crippen LogP contribution in [0.2, 0.25) is 5.02 Å². The first-order chi connectivity index (χ1) is 20.1. The summed E-state index contributed by atoms with van der Waals surface area (Å²) in [5.41, 5.74) is 2.21. The molecule has 220 valence electrons. The topological polar surface area (TPSA) is 112 Å². The van der Waals surface area contributed by atoms with Crippen molar-refractivity contribution in [3.8, 4) is 11.5 Å². The van der Waals surface area contributed by atoms with Crippen molar-refractivity contribution in [2.24, 2.45) is 0 Å². The molecule has 1 fully saturated rings. The third kappa shape index (κ3) is 5.28. The lowest BCUT2D eigenvalue weighted by Crippen LogP contribution is -2.34. The Morgan fingerprint density at radius 1 is 1.21 bits per heavy atom. The number of aromatic carboxylic acids is 1. The number of methoxy groups -OCH3 is 1. The second-order valence-electron chi connectivity index (χ2n) is 10.9. The summed E-state index contributed by atoms with van der Waals surface area (Å²) in [7, 11) is 1.64. The number of hydrogen-bond donors (Lipinski definition) is 1. The van der Waals surface area contributed by atoms with Crippen LogP contribution in [0.15, 0.2) is 42.5 Å². The molecule has 6 rings (SSSR count). The maximum absolute atomic E-state index is 14.8. The molecule has 0 saturated carbocycles. The molecule has 0 unspecified atom stereocenters. The molecule has 10 nitrogen and oxygen atoms in total. The van der Waals surface area contributed by atoms with Crippen molar-refractivity contribution in [2.45, 2.75) is 57.6 Å². The first-order valence-electron chi connectivity index (χ1n) is 13.8. The van der Waals surface area contributed by atoms with Gasteiger partial charge in [-0.2, -0.15) is 0 Å². The molecule has 4 heterocycles. The van der Waals surface area contributed by atoms with Gasteiger partial charge in [-0.05, 0) is 63.0 Å². The maximum atomic E-state index is 14.8. The van der Waals surface area contributed by atoms with Gasteiger partial charge in [0.2, 0.25) is 0 Å². The predicted octanol–water partition coefficient (Wildman–Crippen LogP) is 5.38. The molecule has 2 aromatic heterocycles. The van der Waals surface area contributed by atoms with E-state index in [2.05, 4.69) is 21.2 Å². The zero-order valence-corrected chi connectivity index (χ0v) is 24.3. The smallest absolute Gasteiger partial charge is 0.356 e. The minimum atomic E-state index is -1.30. The van der Waals surface area contributed by atoms with Crippen LogP contribution in [0.4, 0.5) is 4.39 Å². The summed E-state index contributed by atoms with van der Waals surface area (Å²) in [6.45, 7) is 6.38. The summed E-state index contributed by atoms with van der Waals surface area (Å²) >= 11 is 5.96. The number of carboxylic acids is 1. The fraction of sp³-hybridized carbons (Fsp3) is 0.400. The van der Waals surface area contributed by atoms with Gasteiger partial charge in [-0.15, -0.1) is 10.2 Å². The average Bonchev–Trinajstić information content (AvgIpc) is 3.49. The van der Waals surface area contributed by atoms with E-state index in [9.17, 15) is 14.3 Å². The largest absolute Gasteiger partial charge is 0.476 e. The lowest BCUT2D eigenvalue weighted by atomic mass is 9.88. The van der Waals surface area contributed by atoms with E-state index in [0.717, 1.165) is 37.3 Å². The van der Waals surface area contributed by atoms with Gasteiger partial charge in [0, 0.05) is 30.7 Å². The number of fused-ring (bicyclic) bond motifs is 2. The van der Waals surface area contributed by atoms with E-state index >= 15 is 0 Å². The number of aromatic nitrogens is 4. The van der Waals surface area contributed by atoms with E-state index in [1.807, 2.05) is 23.6 Å². The first kappa shape index (κ1) is 28.3. The molecule has 1 saturated heterocycles. The Bertz CT molecular complexity index is 1660. The maximum Gasteiger partial charge on any atom is 0.356 e. The average molecular weight is 596 g/mol. The Balaban J connectivity index is 1.19. The van der Waals surface area contributed by atoms with Crippen LogP contribution in [0.3, 0.4) is 0 Å². The number of imidazole rings is 1. The van der Waals surface area contributed by atoms with Crippen LogP contribution in [-0.2, 0) is 23.6 Å². The summed E-state index contributed by atoms with van der Waals surface area (Å²) in [6, 6.07) is 11.8. The Morgan fingerprint density at radius 3 is 2.71 bits per heavy atom. The van der Waals surface area contributed by atoms with E-state index in [-0.39, 0.29) is 23.3 Å². The third-order valence-electron chi connectivity index (χ3n) is 8.06. The van der Waals surface area contributed by atoms with Gasteiger partial charge in [-0.3, -0.25) is 4.90 Å². The van der Waals surface area contributed by atoms with Gasteiger partial charge in [0.25, 0.3) is 5.79 Å². The highest BCUT2D eigenvalue weighted by atomic mass is 35.5. The normalized spacial score (nSPS) is 19.8. The molecule has 42 heavy (non-hydrogen) atoms. The highest BCUT2D eigenvalue weighted by Gasteiger charge is 2.43. The molecule has 1 N–H and O–H groups in total. The van der Waals surface area contributed by atoms with Gasteiger partial charge in [-0.1, -0.05) is 23.7 Å². The minimum Gasteiger partial charge on any atom is -0.476 e. The van der Waals surface area contributed by atoms with Crippen molar-refractivity contribution in [2.75, 3.05) is 20.2 Å². The van der Waals surface area contributed by atoms with Gasteiger partial charge in [0.05, 0.1) is 24.8 Å². The van der Waals surface area contributed by atoms with Gasteiger partial charge in [0.15, 0.2) is 22.8 Å². The molecule has 0 radical (unpaired) electrons. The standard InChI is InChI=1S/C30H31ClFN5O5/c1-17(40-3)15-37-26(33-23-14-24(29(38)39)34-35-28(23)37)16-36-11-9-18(10-12-36)20-5-4-6-25-27(20)42-30(2,41-25)21-8-7-19(31)13-22(21)32/h4-8,13-14,17-18H,9-12,15-16H2,1-3H3,(H,38,39)/t17-,30+/m1/s1. The van der Waals surface area contributed by atoms with E-state index < -0.39 is 17.6 Å². The second-order valence-corrected chi connectivity index (χ2v) is 11.4. The molecule has 4 aromatic rings. The molecule has 2 aromatic carbocycles. The first-order valence-corrected chi connectivity index (χ1v) is 14.2. The predicted molar refractivity (Wildman–Crippen MR) is 152 cm³/mol. The lowest BCUT2D eigenvalue weighted by molar-refractivity contribution is -0.0712. The summed E-state index contributed by atoms with van der Waals surface area (Å²) in [6.07, 6.45) is 1.66. The van der Waals surface area contributed by atoms with E-state index in [1.165, 1.54) is 12.1 Å². The molecule has 2 aliphatic rings. The number of carbonyl (C=O) groups is 1. The number of piperidine rings is 1. The van der Waals surface area contributed by atoms with Crippen molar-refractivity contribution in [3.05, 3.63) is 75.9 Å². The number of para-hydroxylation sites is 1. The quantitative estimate of drug-likeness (QED) is 0.287. The van der Waals surface area contributed by atoms with Gasteiger partial charge in [-0.25, -0.2) is 14.2 Å². The molecular formula is C30H31ClFN5O5. The molecule has 2 aliphatic heterocycles. The van der Waals surface area contributed by atoms with Crippen LogP contribution >= 0.6 is 11.6 Å². The number of ether oxygens (including phenoxy) is 3. The number of likely N-dealkylation sites (tertiary alicyclic amines) is 1. The van der Waals surface area contributed by atoms with Crippen molar-refractivity contribution in [1.82, 2.24) is 24.6 Å². The summed E-state index contributed by atoms with van der Waals surface area (Å²) in [5, 5.41) is 17.7. The SMILES string of the molecule is CO[C@H](C)Cn1c(CN2CCC(c3cccc4c3O[C@@](C)(c3ccc(Cl)cc3F)O4)CC2)nc2cc(C(=O)O)nnc21. The molecule has 0 aliphatic carbocycles. The molecular weight excluding hydrogens is 565 g/mol. The number of carboxylic acid groups (broad SMARTS) is 1. The highest BCUT2D eigenvalue weighted by Crippen LogP contribution is 2.49. The van der Waals surface area contributed by atoms with Gasteiger partial charge in [0.1, 0.15) is 17.2 Å². The van der Waals surface area contributed by atoms with Crippen LogP contribution in [0.25, 0.3) is 11.2 Å². The van der Waals surface area contributed by atoms with Crippen LogP contribution < -0.4 is 9.47 Å². The van der Waals surface area contributed by atoms with E-state index in [4.69, 9.17) is 30.8 Å². The fourth-order valence-corrected chi connectivity index (χ4v) is 5.92. The van der Waals surface area contributed by atoms with Crippen molar-refractivity contribution >= 4 is 28.7 Å². The Hall–Kier alpha value is -3.80. The van der Waals surface area contributed by atoms with Crippen LogP contribution in [-0.4, -0.2) is 62.0 Å². The molecule has 0 bridgehead atoms. The number of benzene rings is 2. The Labute approximate surface area is 247 Å². The fourth-order valence-electron chi connectivity index (χ4n) is 5.76. The zero-order chi connectivity index (χ0) is 29.6. The number of rotatable bonds is 8. The zero-order valence-electron chi connectivity index (χ0n) is 23.5. The highest BCUT2D eigenvalue weighted by molar-refractivity contribution is 6.30. The third-order valence-corrected chi connectivity index (χ3v) is 8.29. The van der Waals surface area contributed by atoms with E-state index in [0.29, 0.717) is 40.8 Å². The van der Waals surface area contributed by atoms with Crippen LogP contribution in [0, 0.1) is 5.82 Å². The van der Waals surface area contributed by atoms with Crippen molar-refractivity contribution in [1.29, 1.82) is 0 Å².